The average molecular weight is 548 g/mol. The highest BCUT2D eigenvalue weighted by Gasteiger charge is 2.58. The van der Waals surface area contributed by atoms with Gasteiger partial charge in [-0.2, -0.15) is 0 Å². The van der Waals surface area contributed by atoms with Crippen molar-refractivity contribution >= 4 is 28.5 Å². The number of benzene rings is 1. The molecule has 3 fully saturated rings. The highest BCUT2D eigenvalue weighted by molar-refractivity contribution is 5.96. The summed E-state index contributed by atoms with van der Waals surface area (Å²) in [6.45, 7) is 4.42. The number of carboxylic acid groups (broad SMARTS) is 1. The van der Waals surface area contributed by atoms with Crippen molar-refractivity contribution < 1.29 is 24.6 Å². The molecule has 7 atom stereocenters. The molecule has 0 aliphatic heterocycles. The number of carboxylic acids is 1. The van der Waals surface area contributed by atoms with Crippen molar-refractivity contribution in [3.8, 4) is 0 Å². The van der Waals surface area contributed by atoms with Gasteiger partial charge in [-0.1, -0.05) is 42.8 Å². The summed E-state index contributed by atoms with van der Waals surface area (Å²) in [5, 5.41) is 28.2. The van der Waals surface area contributed by atoms with E-state index in [1.165, 1.54) is 18.4 Å². The average Bonchev–Trinajstić information content (AvgIpc) is 3.48. The number of carbonyl (C=O) groups excluding carboxylic acids is 1. The maximum atomic E-state index is 12.6. The Balaban J connectivity index is 1.06. The van der Waals surface area contributed by atoms with Crippen LogP contribution < -0.4 is 5.32 Å². The molecule has 0 bridgehead atoms. The van der Waals surface area contributed by atoms with Crippen molar-refractivity contribution in [2.45, 2.75) is 83.8 Å². The maximum Gasteiger partial charge on any atom is 0.326 e. The fourth-order valence-corrected chi connectivity index (χ4v) is 8.75. The van der Waals surface area contributed by atoms with Crippen molar-refractivity contribution in [1.29, 1.82) is 0 Å². The number of para-hydroxylation sites is 1. The Kier molecular flexibility index (Phi) is 7.01. The number of allylic oxidation sites excluding steroid dienone is 2. The summed E-state index contributed by atoms with van der Waals surface area (Å²) in [6, 6.07) is 6.62. The maximum absolute atomic E-state index is 12.6. The number of aliphatic hydroxyl groups excluding tert-OH is 1. The second-order valence-electron chi connectivity index (χ2n) is 13.0. The number of nitrogens with one attached hydrogen (secondary N) is 2. The molecule has 0 saturated heterocycles. The molecule has 214 valence electrons. The number of amides is 1. The summed E-state index contributed by atoms with van der Waals surface area (Å²) in [5.74, 6) is 0.362. The molecule has 8 nitrogen and oxygen atoms in total. The number of hydrogen-bond acceptors (Lipinski definition) is 5. The first-order valence-corrected chi connectivity index (χ1v) is 14.8. The number of aliphatic hydroxyl groups is 1. The van der Waals surface area contributed by atoms with Gasteiger partial charge in [0.05, 0.1) is 11.8 Å². The number of nitrogens with zero attached hydrogens (tertiary/aromatic N) is 1. The fourth-order valence-electron chi connectivity index (χ4n) is 8.75. The lowest BCUT2D eigenvalue weighted by Gasteiger charge is -2.57. The van der Waals surface area contributed by atoms with Crippen molar-refractivity contribution in [1.82, 2.24) is 10.3 Å². The number of aliphatic carboxylic acids is 1. The Morgan fingerprint density at radius 1 is 1.12 bits per heavy atom. The molecule has 40 heavy (non-hydrogen) atoms. The molecule has 0 unspecified atom stereocenters. The largest absolute Gasteiger partial charge is 0.480 e. The number of fused-ring (bicyclic) bond motifs is 6. The number of H-pyrrole nitrogens is 1. The summed E-state index contributed by atoms with van der Waals surface area (Å²) in [4.78, 5) is 33.0. The van der Waals surface area contributed by atoms with E-state index in [2.05, 4.69) is 35.4 Å². The van der Waals surface area contributed by atoms with Gasteiger partial charge in [0.15, 0.2) is 6.61 Å². The molecule has 1 aromatic carbocycles. The molecule has 0 radical (unpaired) electrons. The van der Waals surface area contributed by atoms with E-state index in [0.717, 1.165) is 60.7 Å². The molecule has 4 N–H and O–H groups in total. The number of aromatic amines is 1. The summed E-state index contributed by atoms with van der Waals surface area (Å²) in [7, 11) is 0. The van der Waals surface area contributed by atoms with Gasteiger partial charge in [-0.15, -0.1) is 0 Å². The monoisotopic (exact) mass is 547 g/mol. The first-order chi connectivity index (χ1) is 19.2. The molecule has 6 rings (SSSR count). The normalized spacial score (nSPS) is 34.9. The van der Waals surface area contributed by atoms with E-state index in [1.807, 2.05) is 24.3 Å². The van der Waals surface area contributed by atoms with Crippen LogP contribution in [0, 0.1) is 28.6 Å². The van der Waals surface area contributed by atoms with Crippen LogP contribution in [0.3, 0.4) is 0 Å². The van der Waals surface area contributed by atoms with Crippen LogP contribution in [0.4, 0.5) is 0 Å². The van der Waals surface area contributed by atoms with Gasteiger partial charge in [0.2, 0.25) is 0 Å². The zero-order chi connectivity index (χ0) is 28.1. The lowest BCUT2D eigenvalue weighted by molar-refractivity contribution is -0.142. The number of hydrogen-bond donors (Lipinski definition) is 4. The fraction of sp³-hybridized carbons (Fsp3) is 0.594. The highest BCUT2D eigenvalue weighted by Crippen LogP contribution is 2.65. The summed E-state index contributed by atoms with van der Waals surface area (Å²) in [6.07, 6.45) is 12.4. The molecule has 1 heterocycles. The zero-order valence-electron chi connectivity index (χ0n) is 23.5. The van der Waals surface area contributed by atoms with Crippen LogP contribution in [-0.2, 0) is 20.8 Å². The Morgan fingerprint density at radius 3 is 2.77 bits per heavy atom. The summed E-state index contributed by atoms with van der Waals surface area (Å²) >= 11 is 0. The molecule has 3 saturated carbocycles. The minimum absolute atomic E-state index is 0.0868. The number of rotatable bonds is 7. The van der Waals surface area contributed by atoms with E-state index in [9.17, 15) is 19.8 Å². The van der Waals surface area contributed by atoms with Crippen LogP contribution in [0.15, 0.2) is 47.3 Å². The molecular weight excluding hydrogens is 506 g/mol. The van der Waals surface area contributed by atoms with E-state index in [4.69, 9.17) is 4.84 Å². The predicted molar refractivity (Wildman–Crippen MR) is 153 cm³/mol. The van der Waals surface area contributed by atoms with E-state index in [1.54, 1.807) is 6.20 Å². The van der Waals surface area contributed by atoms with Gasteiger partial charge in [0.1, 0.15) is 6.04 Å². The minimum atomic E-state index is -1.09. The van der Waals surface area contributed by atoms with Gasteiger partial charge < -0.3 is 25.4 Å². The van der Waals surface area contributed by atoms with Gasteiger partial charge in [0, 0.05) is 23.5 Å². The first-order valence-electron chi connectivity index (χ1n) is 14.8. The molecule has 8 heteroatoms. The van der Waals surface area contributed by atoms with Crippen molar-refractivity contribution in [3.63, 3.8) is 0 Å². The molecule has 1 amide bonds. The Hall–Kier alpha value is -3.13. The molecule has 2 aromatic rings. The van der Waals surface area contributed by atoms with Crippen molar-refractivity contribution in [2.75, 3.05) is 6.61 Å². The number of aromatic nitrogens is 1. The third kappa shape index (κ3) is 4.64. The van der Waals surface area contributed by atoms with E-state index in [0.29, 0.717) is 17.8 Å². The van der Waals surface area contributed by atoms with Gasteiger partial charge >= 0.3 is 5.97 Å². The van der Waals surface area contributed by atoms with E-state index >= 15 is 0 Å². The van der Waals surface area contributed by atoms with Gasteiger partial charge in [-0.3, -0.25) is 4.79 Å². The van der Waals surface area contributed by atoms with Crippen LogP contribution in [-0.4, -0.2) is 51.5 Å². The summed E-state index contributed by atoms with van der Waals surface area (Å²) < 4.78 is 0. The number of oxime groups is 1. The third-order valence-electron chi connectivity index (χ3n) is 11.0. The first kappa shape index (κ1) is 27.1. The SMILES string of the molecule is C[C@]12CC[C@H]3[C@@H](CCC4=C/C(=N\OCC(=O)N[C@@H](Cc5c[nH]c6ccccc56)C(=O)O)CC[C@@]43C)[C@@H]1CC[C@@H]2O. The second-order valence-corrected chi connectivity index (χ2v) is 13.0. The lowest BCUT2D eigenvalue weighted by atomic mass is 9.47. The van der Waals surface area contributed by atoms with Crippen LogP contribution in [0.2, 0.25) is 0 Å². The van der Waals surface area contributed by atoms with Crippen LogP contribution in [0.25, 0.3) is 10.9 Å². The molecular formula is C32H41N3O5. The standard InChI is InChI=1S/C32H41N3O5/c1-31-13-11-21(16-20(31)7-8-23-24-9-10-28(36)32(24,2)14-12-25(23)31)35-40-18-29(37)34-27(30(38)39)15-19-17-33-26-6-4-3-5-22(19)26/h3-6,16-17,23-25,27-28,33,36H,7-15,18H2,1-2H3,(H,34,37)(H,38,39)/b35-21-/t23-,24-,25-,27-,28-,31-,32-/m0/s1. The quantitative estimate of drug-likeness (QED) is 0.364. The van der Waals surface area contributed by atoms with E-state index < -0.39 is 17.9 Å². The minimum Gasteiger partial charge on any atom is -0.480 e. The Morgan fingerprint density at radius 2 is 1.95 bits per heavy atom. The van der Waals surface area contributed by atoms with Crippen LogP contribution in [0.1, 0.15) is 70.8 Å². The van der Waals surface area contributed by atoms with E-state index in [-0.39, 0.29) is 30.0 Å². The van der Waals surface area contributed by atoms with Crippen molar-refractivity contribution in [3.05, 3.63) is 47.7 Å². The Bertz CT molecular complexity index is 1360. The molecule has 0 spiro atoms. The molecule has 4 aliphatic rings. The zero-order valence-corrected chi connectivity index (χ0v) is 23.5. The molecule has 1 aromatic heterocycles. The second kappa shape index (κ2) is 10.4. The lowest BCUT2D eigenvalue weighted by Crippen LogP contribution is -2.51. The molecule has 4 aliphatic carbocycles. The third-order valence-corrected chi connectivity index (χ3v) is 11.0. The summed E-state index contributed by atoms with van der Waals surface area (Å²) in [5.41, 5.74) is 4.30. The van der Waals surface area contributed by atoms with Gasteiger partial charge in [-0.05, 0) is 97.7 Å². The number of carbonyl (C=O) groups is 2. The Labute approximate surface area is 235 Å². The van der Waals surface area contributed by atoms with Gasteiger partial charge in [-0.25, -0.2) is 4.79 Å². The smallest absolute Gasteiger partial charge is 0.326 e. The predicted octanol–water partition coefficient (Wildman–Crippen LogP) is 4.98. The van der Waals surface area contributed by atoms with Crippen molar-refractivity contribution in [2.24, 2.45) is 33.7 Å². The topological polar surface area (TPSA) is 124 Å². The highest BCUT2D eigenvalue weighted by atomic mass is 16.6. The van der Waals surface area contributed by atoms with Gasteiger partial charge in [0.25, 0.3) is 5.91 Å². The van der Waals surface area contributed by atoms with Crippen LogP contribution >= 0.6 is 0 Å². The van der Waals surface area contributed by atoms with Crippen LogP contribution in [0.5, 0.6) is 0 Å².